The molecule has 3 amide bonds. The van der Waals surface area contributed by atoms with Gasteiger partial charge in [0, 0.05) is 0 Å². The van der Waals surface area contributed by atoms with Crippen molar-refractivity contribution >= 4 is 18.1 Å². The third kappa shape index (κ3) is 2.81. The topological polar surface area (TPSA) is 75.9 Å². The Bertz CT molecular complexity index is 574. The quantitative estimate of drug-likeness (QED) is 0.776. The molecule has 2 saturated heterocycles. The lowest BCUT2D eigenvalue weighted by Gasteiger charge is -2.10. The van der Waals surface area contributed by atoms with Gasteiger partial charge in [-0.1, -0.05) is 30.3 Å². The highest BCUT2D eigenvalue weighted by atomic mass is 16.6. The Balaban J connectivity index is 1.49. The van der Waals surface area contributed by atoms with Crippen LogP contribution < -0.4 is 0 Å². The molecule has 2 heterocycles. The van der Waals surface area contributed by atoms with E-state index in [9.17, 15) is 14.4 Å². The average Bonchev–Trinajstić information content (AvgIpc) is 3.20. The summed E-state index contributed by atoms with van der Waals surface area (Å²) in [5.41, 5.74) is 0.874. The second-order valence-corrected chi connectivity index (χ2v) is 4.81. The Kier molecular flexibility index (Phi) is 3.47. The molecule has 0 unspecified atom stereocenters. The van der Waals surface area contributed by atoms with Gasteiger partial charge in [-0.25, -0.2) is 14.5 Å². The number of nitrogens with zero attached hydrogens (tertiary/aromatic N) is 2. The van der Waals surface area contributed by atoms with E-state index in [1.54, 1.807) is 0 Å². The minimum atomic E-state index is -0.649. The van der Waals surface area contributed by atoms with Crippen LogP contribution in [0.15, 0.2) is 30.3 Å². The maximum atomic E-state index is 12.0. The molecule has 0 radical (unpaired) electrons. The number of amides is 3. The van der Waals surface area contributed by atoms with Gasteiger partial charge in [-0.3, -0.25) is 9.69 Å². The van der Waals surface area contributed by atoms with Gasteiger partial charge in [-0.05, 0) is 5.56 Å². The van der Waals surface area contributed by atoms with E-state index in [0.29, 0.717) is 0 Å². The third-order valence-corrected chi connectivity index (χ3v) is 3.36. The van der Waals surface area contributed by atoms with Gasteiger partial charge in [0.25, 0.3) is 5.91 Å². The van der Waals surface area contributed by atoms with Crippen molar-refractivity contribution in [1.29, 1.82) is 0 Å². The van der Waals surface area contributed by atoms with E-state index in [1.165, 1.54) is 4.90 Å². The van der Waals surface area contributed by atoms with Crippen LogP contribution in [0, 0.1) is 0 Å². The van der Waals surface area contributed by atoms with E-state index in [1.807, 2.05) is 30.3 Å². The first kappa shape index (κ1) is 13.4. The number of cyclic esters (lactones) is 1. The van der Waals surface area contributed by atoms with Crippen molar-refractivity contribution in [3.05, 3.63) is 35.9 Å². The van der Waals surface area contributed by atoms with Gasteiger partial charge in [0.15, 0.2) is 0 Å². The summed E-state index contributed by atoms with van der Waals surface area (Å²) < 4.78 is 9.82. The average molecular weight is 290 g/mol. The molecular weight excluding hydrogens is 276 g/mol. The maximum absolute atomic E-state index is 12.0. The van der Waals surface area contributed by atoms with Crippen LogP contribution in [0.25, 0.3) is 0 Å². The minimum Gasteiger partial charge on any atom is -0.447 e. The molecule has 1 aromatic carbocycles. The van der Waals surface area contributed by atoms with Gasteiger partial charge in [0.1, 0.15) is 19.3 Å². The van der Waals surface area contributed by atoms with Gasteiger partial charge >= 0.3 is 12.2 Å². The predicted octanol–water partition coefficient (Wildman–Crippen LogP) is 0.986. The normalized spacial score (nSPS) is 20.2. The molecule has 0 bridgehead atoms. The van der Waals surface area contributed by atoms with Crippen LogP contribution >= 0.6 is 0 Å². The van der Waals surface area contributed by atoms with Crippen molar-refractivity contribution in [3.8, 4) is 0 Å². The number of hydrogen-bond donors (Lipinski definition) is 0. The van der Waals surface area contributed by atoms with Crippen LogP contribution in [-0.4, -0.2) is 53.6 Å². The molecule has 2 fully saturated rings. The highest BCUT2D eigenvalue weighted by molar-refractivity contribution is 5.99. The van der Waals surface area contributed by atoms with E-state index >= 15 is 0 Å². The smallest absolute Gasteiger partial charge is 0.416 e. The summed E-state index contributed by atoms with van der Waals surface area (Å²) in [5.74, 6) is -0.408. The summed E-state index contributed by atoms with van der Waals surface area (Å²) >= 11 is 0. The highest BCUT2D eigenvalue weighted by Gasteiger charge is 2.49. The monoisotopic (exact) mass is 290 g/mol. The number of ether oxygens (including phenoxy) is 2. The molecule has 1 aromatic rings. The number of imide groups is 1. The SMILES string of the molecule is O=C1OCCN1C(=O)[C@@H]1CN1C(=O)OCc1ccccc1. The Morgan fingerprint density at radius 3 is 2.71 bits per heavy atom. The predicted molar refractivity (Wildman–Crippen MR) is 70.2 cm³/mol. The lowest BCUT2D eigenvalue weighted by molar-refractivity contribution is -0.127. The molecule has 0 spiro atoms. The fraction of sp³-hybridized carbons (Fsp3) is 0.357. The van der Waals surface area contributed by atoms with E-state index in [-0.39, 0.29) is 26.3 Å². The number of hydrogen-bond acceptors (Lipinski definition) is 5. The van der Waals surface area contributed by atoms with Gasteiger partial charge in [0.2, 0.25) is 0 Å². The molecule has 7 heteroatoms. The van der Waals surface area contributed by atoms with Crippen LogP contribution in [0.3, 0.4) is 0 Å². The van der Waals surface area contributed by atoms with Crippen LogP contribution in [0.4, 0.5) is 9.59 Å². The van der Waals surface area contributed by atoms with Gasteiger partial charge in [-0.2, -0.15) is 0 Å². The lowest BCUT2D eigenvalue weighted by Crippen LogP contribution is -2.37. The fourth-order valence-corrected chi connectivity index (χ4v) is 2.13. The fourth-order valence-electron chi connectivity index (χ4n) is 2.13. The first-order valence-corrected chi connectivity index (χ1v) is 6.62. The number of carbonyl (C=O) groups excluding carboxylic acids is 3. The van der Waals surface area contributed by atoms with E-state index < -0.39 is 24.1 Å². The van der Waals surface area contributed by atoms with Crippen molar-refractivity contribution < 1.29 is 23.9 Å². The maximum Gasteiger partial charge on any atom is 0.416 e. The molecule has 0 N–H and O–H groups in total. The van der Waals surface area contributed by atoms with Gasteiger partial charge in [0.05, 0.1) is 13.1 Å². The van der Waals surface area contributed by atoms with Crippen molar-refractivity contribution in [1.82, 2.24) is 9.80 Å². The number of rotatable bonds is 3. The largest absolute Gasteiger partial charge is 0.447 e. The zero-order valence-corrected chi connectivity index (χ0v) is 11.2. The van der Waals surface area contributed by atoms with Crippen molar-refractivity contribution in [2.75, 3.05) is 19.7 Å². The van der Waals surface area contributed by atoms with E-state index in [4.69, 9.17) is 9.47 Å². The number of carbonyl (C=O) groups is 3. The van der Waals surface area contributed by atoms with Crippen LogP contribution in [0.2, 0.25) is 0 Å². The van der Waals surface area contributed by atoms with E-state index in [2.05, 4.69) is 0 Å². The Morgan fingerprint density at radius 2 is 2.05 bits per heavy atom. The molecule has 0 aromatic heterocycles. The molecule has 0 saturated carbocycles. The molecule has 21 heavy (non-hydrogen) atoms. The molecule has 0 aliphatic carbocycles. The minimum absolute atomic E-state index is 0.156. The first-order chi connectivity index (χ1) is 10.2. The van der Waals surface area contributed by atoms with Crippen molar-refractivity contribution in [2.24, 2.45) is 0 Å². The Morgan fingerprint density at radius 1 is 1.29 bits per heavy atom. The van der Waals surface area contributed by atoms with Crippen LogP contribution in [-0.2, 0) is 20.9 Å². The highest BCUT2D eigenvalue weighted by Crippen LogP contribution is 2.23. The summed E-state index contributed by atoms with van der Waals surface area (Å²) in [6.45, 7) is 0.871. The molecule has 3 rings (SSSR count). The Labute approximate surface area is 121 Å². The lowest BCUT2D eigenvalue weighted by atomic mass is 10.2. The summed E-state index contributed by atoms with van der Waals surface area (Å²) in [6.07, 6.45) is -1.20. The third-order valence-electron chi connectivity index (χ3n) is 3.36. The zero-order chi connectivity index (χ0) is 14.8. The molecule has 2 aliphatic heterocycles. The van der Waals surface area contributed by atoms with E-state index in [0.717, 1.165) is 10.5 Å². The second-order valence-electron chi connectivity index (χ2n) is 4.81. The van der Waals surface area contributed by atoms with Crippen LogP contribution in [0.5, 0.6) is 0 Å². The van der Waals surface area contributed by atoms with Crippen molar-refractivity contribution in [2.45, 2.75) is 12.6 Å². The standard InChI is InChI=1S/C14H14N2O5/c17-12(15-6-7-20-13(15)18)11-8-16(11)14(19)21-9-10-4-2-1-3-5-10/h1-5,11H,6-9H2/t11-,16?/m0/s1. The van der Waals surface area contributed by atoms with Gasteiger partial charge < -0.3 is 9.47 Å². The molecule has 7 nitrogen and oxygen atoms in total. The molecule has 110 valence electrons. The zero-order valence-electron chi connectivity index (χ0n) is 11.2. The number of benzene rings is 1. The molecular formula is C14H14N2O5. The van der Waals surface area contributed by atoms with Crippen molar-refractivity contribution in [3.63, 3.8) is 0 Å². The van der Waals surface area contributed by atoms with Crippen LogP contribution in [0.1, 0.15) is 5.56 Å². The second kappa shape index (κ2) is 5.43. The first-order valence-electron chi connectivity index (χ1n) is 6.62. The summed E-state index contributed by atoms with van der Waals surface area (Å²) in [7, 11) is 0. The Hall–Kier alpha value is -2.57. The van der Waals surface area contributed by atoms with Gasteiger partial charge in [-0.15, -0.1) is 0 Å². The summed E-state index contributed by atoms with van der Waals surface area (Å²) in [6, 6.07) is 8.66. The summed E-state index contributed by atoms with van der Waals surface area (Å²) in [4.78, 5) is 37.4. The molecule has 1 atom stereocenters. The summed E-state index contributed by atoms with van der Waals surface area (Å²) in [5, 5.41) is 0. The molecule has 2 aliphatic rings.